The number of amides is 2. The second kappa shape index (κ2) is 2.51. The van der Waals surface area contributed by atoms with Gasteiger partial charge in [0.25, 0.3) is 0 Å². The van der Waals surface area contributed by atoms with E-state index in [1.54, 1.807) is 6.08 Å². The van der Waals surface area contributed by atoms with Crippen molar-refractivity contribution < 1.29 is 9.59 Å². The van der Waals surface area contributed by atoms with E-state index in [4.69, 9.17) is 0 Å². The molecular weight excluding hydrogens is 221 g/mol. The Morgan fingerprint density at radius 1 is 1.33 bits per heavy atom. The van der Waals surface area contributed by atoms with E-state index in [1.807, 2.05) is 6.08 Å². The molecule has 60 valence electrons. The summed E-state index contributed by atoms with van der Waals surface area (Å²) >= 11 is 2.80. The summed E-state index contributed by atoms with van der Waals surface area (Å²) in [4.78, 5) is 22.3. The first-order chi connectivity index (χ1) is 5.70. The third-order valence-corrected chi connectivity index (χ3v) is 2.61. The van der Waals surface area contributed by atoms with Crippen LogP contribution in [0.3, 0.4) is 0 Å². The van der Waals surface area contributed by atoms with Crippen molar-refractivity contribution in [3.63, 3.8) is 0 Å². The van der Waals surface area contributed by atoms with E-state index in [0.29, 0.717) is 17.6 Å². The van der Waals surface area contributed by atoms with Crippen molar-refractivity contribution in [1.82, 2.24) is 5.32 Å². The van der Waals surface area contributed by atoms with Crippen LogP contribution in [0.5, 0.6) is 0 Å². The van der Waals surface area contributed by atoms with Gasteiger partial charge in [-0.2, -0.15) is 0 Å². The molecule has 0 fully saturated rings. The third-order valence-electron chi connectivity index (χ3n) is 1.83. The average molecular weight is 226 g/mol. The first kappa shape index (κ1) is 7.65. The molecule has 2 aliphatic rings. The van der Waals surface area contributed by atoms with Gasteiger partial charge in [-0.05, 0) is 0 Å². The topological polar surface area (TPSA) is 46.2 Å². The normalized spacial score (nSPS) is 21.5. The molecule has 2 amide bonds. The average Bonchev–Trinajstić information content (AvgIpc) is 2.29. The van der Waals surface area contributed by atoms with Crippen LogP contribution in [0.25, 0.3) is 0 Å². The van der Waals surface area contributed by atoms with Gasteiger partial charge in [0.15, 0.2) is 0 Å². The monoisotopic (exact) mass is 227 g/mol. The first-order valence-electron chi connectivity index (χ1n) is 3.50. The van der Waals surface area contributed by atoms with Crippen molar-refractivity contribution in [2.24, 2.45) is 0 Å². The van der Waals surface area contributed by atoms with Gasteiger partial charge in [0.05, 0.1) is 0 Å². The molecule has 1 aliphatic carbocycles. The number of imide groups is 1. The van der Waals surface area contributed by atoms with Gasteiger partial charge in [0, 0.05) is 0 Å². The Morgan fingerprint density at radius 3 is 2.75 bits per heavy atom. The summed E-state index contributed by atoms with van der Waals surface area (Å²) in [7, 11) is 0. The summed E-state index contributed by atoms with van der Waals surface area (Å²) in [5, 5.41) is 2.25. The molecule has 1 N–H and O–H groups in total. The Bertz CT molecular complexity index is 355. The number of allylic oxidation sites excluding steroid dienone is 1. The van der Waals surface area contributed by atoms with E-state index in [1.165, 1.54) is 0 Å². The minimum atomic E-state index is -0.293. The van der Waals surface area contributed by atoms with Crippen LogP contribution >= 0.6 is 0 Å². The summed E-state index contributed by atoms with van der Waals surface area (Å²) in [5.41, 5.74) is 1.00. The molecule has 0 atom stereocenters. The van der Waals surface area contributed by atoms with E-state index in [0.717, 1.165) is 4.42 Å². The Labute approximate surface area is 76.9 Å². The molecule has 0 aromatic carbocycles. The predicted molar refractivity (Wildman–Crippen MR) is 44.7 cm³/mol. The van der Waals surface area contributed by atoms with Gasteiger partial charge in [-0.25, -0.2) is 0 Å². The van der Waals surface area contributed by atoms with Gasteiger partial charge in [-0.1, -0.05) is 0 Å². The molecular formula is C8H5NO2Se. The molecule has 0 saturated carbocycles. The second-order valence-corrected chi connectivity index (χ2v) is 3.64. The van der Waals surface area contributed by atoms with E-state index in [-0.39, 0.29) is 11.8 Å². The molecule has 1 heterocycles. The number of carbonyl (C=O) groups is 2. The fourth-order valence-corrected chi connectivity index (χ4v) is 1.92. The van der Waals surface area contributed by atoms with Crippen molar-refractivity contribution in [2.75, 3.05) is 0 Å². The zero-order valence-corrected chi connectivity index (χ0v) is 7.80. The van der Waals surface area contributed by atoms with E-state index in [9.17, 15) is 9.59 Å². The number of nitrogens with one attached hydrogen (secondary N) is 1. The van der Waals surface area contributed by atoms with Crippen LogP contribution in [-0.2, 0) is 9.59 Å². The van der Waals surface area contributed by atoms with Gasteiger partial charge in [-0.3, -0.25) is 0 Å². The molecule has 1 aliphatic heterocycles. The van der Waals surface area contributed by atoms with Crippen LogP contribution < -0.4 is 5.32 Å². The van der Waals surface area contributed by atoms with Crippen molar-refractivity contribution in [2.45, 2.75) is 6.42 Å². The molecule has 0 aromatic heterocycles. The van der Waals surface area contributed by atoms with Crippen molar-refractivity contribution >= 4 is 31.8 Å². The van der Waals surface area contributed by atoms with Crippen LogP contribution in [0, 0.1) is 0 Å². The van der Waals surface area contributed by atoms with Crippen LogP contribution in [-0.4, -0.2) is 31.8 Å². The summed E-state index contributed by atoms with van der Waals surface area (Å²) in [6, 6.07) is 0. The third kappa shape index (κ3) is 0.924. The van der Waals surface area contributed by atoms with Gasteiger partial charge < -0.3 is 0 Å². The summed E-state index contributed by atoms with van der Waals surface area (Å²) < 4.78 is 0.843. The number of hydrogen-bond acceptors (Lipinski definition) is 2. The molecule has 0 aromatic rings. The summed E-state index contributed by atoms with van der Waals surface area (Å²) in [6.45, 7) is 0. The van der Waals surface area contributed by atoms with Gasteiger partial charge in [0.2, 0.25) is 0 Å². The van der Waals surface area contributed by atoms with E-state index >= 15 is 0 Å². The van der Waals surface area contributed by atoms with Gasteiger partial charge in [0.1, 0.15) is 0 Å². The second-order valence-electron chi connectivity index (χ2n) is 2.60. The fraction of sp³-hybridized carbons (Fsp3) is 0.125. The first-order valence-corrected chi connectivity index (χ1v) is 4.35. The van der Waals surface area contributed by atoms with Crippen LogP contribution in [0.2, 0.25) is 0 Å². The maximum absolute atomic E-state index is 11.2. The molecule has 0 spiro atoms. The fourth-order valence-electron chi connectivity index (χ4n) is 1.29. The van der Waals surface area contributed by atoms with Gasteiger partial charge >= 0.3 is 76.4 Å². The molecule has 0 saturated heterocycles. The zero-order chi connectivity index (χ0) is 8.72. The van der Waals surface area contributed by atoms with E-state index < -0.39 is 0 Å². The van der Waals surface area contributed by atoms with Crippen LogP contribution in [0.15, 0.2) is 23.3 Å². The minimum absolute atomic E-state index is 0.284. The molecule has 3 nitrogen and oxygen atoms in total. The maximum atomic E-state index is 11.2. The van der Waals surface area contributed by atoms with E-state index in [2.05, 4.69) is 20.9 Å². The Morgan fingerprint density at radius 2 is 2.08 bits per heavy atom. The van der Waals surface area contributed by atoms with Crippen molar-refractivity contribution in [3.05, 3.63) is 23.3 Å². The number of carbonyl (C=O) groups excluding carboxylic acids is 2. The number of hydrogen-bond donors (Lipinski definition) is 1. The Balaban J connectivity index is 2.59. The van der Waals surface area contributed by atoms with Crippen LogP contribution in [0.4, 0.5) is 0 Å². The zero-order valence-electron chi connectivity index (χ0n) is 6.09. The van der Waals surface area contributed by atoms with Crippen molar-refractivity contribution in [3.8, 4) is 0 Å². The molecule has 4 heteroatoms. The Kier molecular flexibility index (Phi) is 1.60. The predicted octanol–water partition coefficient (Wildman–Crippen LogP) is -0.760. The SMILES string of the molecule is O=C1NC(=O)C2=C1C=CCC2=[Se]. The molecule has 0 unspecified atom stereocenters. The summed E-state index contributed by atoms with van der Waals surface area (Å²) in [5.74, 6) is -0.577. The molecule has 0 radical (unpaired) electrons. The van der Waals surface area contributed by atoms with Crippen molar-refractivity contribution in [1.29, 1.82) is 0 Å². The quantitative estimate of drug-likeness (QED) is 0.436. The molecule has 0 bridgehead atoms. The van der Waals surface area contributed by atoms with Gasteiger partial charge in [-0.15, -0.1) is 0 Å². The molecule has 2 rings (SSSR count). The Hall–Kier alpha value is -0.991. The summed E-state index contributed by atoms with van der Waals surface area (Å²) in [6.07, 6.45) is 4.26. The van der Waals surface area contributed by atoms with Crippen LogP contribution in [0.1, 0.15) is 6.42 Å². The standard InChI is InChI=1S/C8H5NO2Se/c10-7-4-2-1-3-5(12)6(4)8(11)9-7/h1-2H,3H2,(H,9,10,11). The number of rotatable bonds is 0. The molecule has 12 heavy (non-hydrogen) atoms.